The Morgan fingerprint density at radius 3 is 2.79 bits per heavy atom. The van der Waals surface area contributed by atoms with E-state index in [9.17, 15) is 29.1 Å². The summed E-state index contributed by atoms with van der Waals surface area (Å²) < 4.78 is 1.27. The molecule has 7 atom stereocenters. The predicted molar refractivity (Wildman–Crippen MR) is 149 cm³/mol. The second kappa shape index (κ2) is 12.5. The van der Waals surface area contributed by atoms with E-state index in [0.29, 0.717) is 50.3 Å². The standard InChI is InChI=1S/C26H37N9O6S/c1-13-21-20(14(2)30-19(37)11-34-12-29-31-32-34)25(39)35(21)22(26(40)41)23(13)42-17-8-18(28-9-17)24(38)33-6-4-15(10-33)7-16(36)3-5-27/h12-15,17-18,20-21,28H,3-11,27H2,1-2H3,(H,30,37)(H,40,41)/t13-,14?,15+,17+,18+,20-,21-/m1/s1. The first-order chi connectivity index (χ1) is 20.1. The molecule has 4 aliphatic rings. The molecule has 0 spiro atoms. The number of fused-ring (bicyclic) bond motifs is 1. The molecule has 0 saturated carbocycles. The summed E-state index contributed by atoms with van der Waals surface area (Å²) in [5.41, 5.74) is 5.47. The van der Waals surface area contributed by atoms with Crippen LogP contribution in [-0.4, -0.2) is 114 Å². The summed E-state index contributed by atoms with van der Waals surface area (Å²) >= 11 is 1.42. The minimum Gasteiger partial charge on any atom is -0.477 e. The molecular formula is C26H37N9O6S. The fourth-order valence-electron chi connectivity index (χ4n) is 6.65. The first kappa shape index (κ1) is 30.1. The topological polar surface area (TPSA) is 206 Å². The molecular weight excluding hydrogens is 566 g/mol. The van der Waals surface area contributed by atoms with Gasteiger partial charge in [-0.3, -0.25) is 19.2 Å². The maximum Gasteiger partial charge on any atom is 0.353 e. The molecule has 42 heavy (non-hydrogen) atoms. The van der Waals surface area contributed by atoms with Crippen LogP contribution in [0.1, 0.15) is 39.5 Å². The third-order valence-electron chi connectivity index (χ3n) is 8.64. The number of tetrazole rings is 1. The van der Waals surface area contributed by atoms with E-state index in [2.05, 4.69) is 26.2 Å². The first-order valence-electron chi connectivity index (χ1n) is 14.3. The van der Waals surface area contributed by atoms with Crippen molar-refractivity contribution in [3.05, 3.63) is 16.9 Å². The summed E-state index contributed by atoms with van der Waals surface area (Å²) in [4.78, 5) is 67.0. The van der Waals surface area contributed by atoms with Crippen molar-refractivity contribution in [2.75, 3.05) is 26.2 Å². The number of hydrogen-bond donors (Lipinski definition) is 4. The largest absolute Gasteiger partial charge is 0.477 e. The van der Waals surface area contributed by atoms with Crippen molar-refractivity contribution in [3.63, 3.8) is 0 Å². The molecule has 1 aromatic rings. The van der Waals surface area contributed by atoms with Gasteiger partial charge in [0.1, 0.15) is 24.4 Å². The third kappa shape index (κ3) is 5.92. The summed E-state index contributed by atoms with van der Waals surface area (Å²) in [7, 11) is 0. The number of aliphatic carboxylic acids is 1. The summed E-state index contributed by atoms with van der Waals surface area (Å²) in [6, 6.07) is -1.28. The van der Waals surface area contributed by atoms with Crippen LogP contribution in [0.25, 0.3) is 0 Å². The molecule has 1 aromatic heterocycles. The number of likely N-dealkylation sites (tertiary alicyclic amines) is 1. The number of aromatic nitrogens is 4. The summed E-state index contributed by atoms with van der Waals surface area (Å²) in [6.07, 6.45) is 3.45. The number of Topliss-reactive ketones (excluding diaryl/α,β-unsaturated/α-hetero) is 1. The summed E-state index contributed by atoms with van der Waals surface area (Å²) in [5.74, 6) is -2.38. The molecule has 16 heteroatoms. The van der Waals surface area contributed by atoms with Crippen molar-refractivity contribution in [2.24, 2.45) is 23.5 Å². The van der Waals surface area contributed by atoms with Crippen LogP contribution in [0.4, 0.5) is 0 Å². The van der Waals surface area contributed by atoms with E-state index >= 15 is 0 Å². The Morgan fingerprint density at radius 1 is 1.31 bits per heavy atom. The van der Waals surface area contributed by atoms with Gasteiger partial charge in [0.25, 0.3) is 0 Å². The maximum absolute atomic E-state index is 13.2. The average molecular weight is 604 g/mol. The SMILES string of the molecule is CC(NC(=O)Cn1cnnn1)[C@H]1C(=O)N2C(C(=O)O)=C(S[C@@H]3CN[C@H](C(=O)N4CC[C@@H](CC(=O)CCN)C4)C3)[C@H](C)[C@H]12. The van der Waals surface area contributed by atoms with Crippen molar-refractivity contribution in [2.45, 2.75) is 69.5 Å². The number of nitrogens with zero attached hydrogens (tertiary/aromatic N) is 6. The monoisotopic (exact) mass is 603 g/mol. The maximum atomic E-state index is 13.2. The van der Waals surface area contributed by atoms with Crippen LogP contribution >= 0.6 is 11.8 Å². The van der Waals surface area contributed by atoms with E-state index in [1.54, 1.807) is 6.92 Å². The number of ketones is 1. The Hall–Kier alpha value is -3.37. The predicted octanol–water partition coefficient (Wildman–Crippen LogP) is -1.43. The van der Waals surface area contributed by atoms with Gasteiger partial charge < -0.3 is 31.3 Å². The van der Waals surface area contributed by atoms with Gasteiger partial charge in [-0.05, 0) is 42.7 Å². The molecule has 0 radical (unpaired) electrons. The van der Waals surface area contributed by atoms with Gasteiger partial charge >= 0.3 is 5.97 Å². The second-order valence-electron chi connectivity index (χ2n) is 11.6. The molecule has 5 N–H and O–H groups in total. The fourth-order valence-corrected chi connectivity index (χ4v) is 8.13. The van der Waals surface area contributed by atoms with Crippen molar-refractivity contribution in [3.8, 4) is 0 Å². The Balaban J connectivity index is 1.18. The van der Waals surface area contributed by atoms with Gasteiger partial charge in [-0.2, -0.15) is 0 Å². The molecule has 0 aromatic carbocycles. The van der Waals surface area contributed by atoms with Gasteiger partial charge in [-0.25, -0.2) is 9.48 Å². The van der Waals surface area contributed by atoms with Crippen LogP contribution in [0.5, 0.6) is 0 Å². The lowest BCUT2D eigenvalue weighted by Crippen LogP contribution is -2.66. The van der Waals surface area contributed by atoms with Crippen LogP contribution < -0.4 is 16.4 Å². The molecule has 4 aliphatic heterocycles. The number of carboxylic acid groups (broad SMARTS) is 1. The van der Waals surface area contributed by atoms with E-state index in [1.165, 1.54) is 27.7 Å². The third-order valence-corrected chi connectivity index (χ3v) is 10.1. The number of amides is 3. The van der Waals surface area contributed by atoms with E-state index in [1.807, 2.05) is 11.8 Å². The van der Waals surface area contributed by atoms with Crippen molar-refractivity contribution in [1.29, 1.82) is 0 Å². The molecule has 5 heterocycles. The number of carbonyl (C=O) groups excluding carboxylic acids is 4. The zero-order valence-electron chi connectivity index (χ0n) is 23.6. The molecule has 3 amide bonds. The van der Waals surface area contributed by atoms with Crippen molar-refractivity contribution < 1.29 is 29.1 Å². The Labute approximate surface area is 247 Å². The Morgan fingerprint density at radius 2 is 2.10 bits per heavy atom. The lowest BCUT2D eigenvalue weighted by atomic mass is 9.78. The number of carbonyl (C=O) groups is 5. The number of nitrogens with one attached hydrogen (secondary N) is 2. The molecule has 3 saturated heterocycles. The van der Waals surface area contributed by atoms with E-state index in [0.717, 1.165) is 6.42 Å². The molecule has 0 aliphatic carbocycles. The van der Waals surface area contributed by atoms with Gasteiger partial charge in [0.2, 0.25) is 17.7 Å². The van der Waals surface area contributed by atoms with Crippen molar-refractivity contribution >= 4 is 41.2 Å². The van der Waals surface area contributed by atoms with E-state index < -0.39 is 17.9 Å². The number of β-lactam (4-membered cyclic amide) rings is 1. The molecule has 3 fully saturated rings. The molecule has 15 nitrogen and oxygen atoms in total. The zero-order chi connectivity index (χ0) is 30.1. The first-order valence-corrected chi connectivity index (χ1v) is 15.2. The highest BCUT2D eigenvalue weighted by molar-refractivity contribution is 8.03. The fraction of sp³-hybridized carbons (Fsp3) is 0.692. The number of carboxylic acids is 1. The lowest BCUT2D eigenvalue weighted by molar-refractivity contribution is -0.158. The van der Waals surface area contributed by atoms with Gasteiger partial charge in [-0.1, -0.05) is 6.92 Å². The zero-order valence-corrected chi connectivity index (χ0v) is 24.5. The molecule has 5 rings (SSSR count). The highest BCUT2D eigenvalue weighted by atomic mass is 32.2. The van der Waals surface area contributed by atoms with Gasteiger partial charge in [0.05, 0.1) is 18.0 Å². The number of thioether (sulfide) groups is 1. The van der Waals surface area contributed by atoms with Crippen LogP contribution in [0.2, 0.25) is 0 Å². The number of nitrogens with two attached hydrogens (primary N) is 1. The van der Waals surface area contributed by atoms with E-state index in [4.69, 9.17) is 5.73 Å². The van der Waals surface area contributed by atoms with Gasteiger partial charge in [0.15, 0.2) is 0 Å². The minimum atomic E-state index is -1.17. The average Bonchev–Trinajstić information content (AvgIpc) is 3.73. The second-order valence-corrected chi connectivity index (χ2v) is 12.9. The van der Waals surface area contributed by atoms with Crippen molar-refractivity contribution in [1.82, 2.24) is 40.6 Å². The van der Waals surface area contributed by atoms with Gasteiger partial charge in [0, 0.05) is 54.6 Å². The lowest BCUT2D eigenvalue weighted by Gasteiger charge is -2.47. The Kier molecular flexibility index (Phi) is 8.94. The molecule has 228 valence electrons. The smallest absolute Gasteiger partial charge is 0.353 e. The van der Waals surface area contributed by atoms with Crippen LogP contribution in [0.15, 0.2) is 16.9 Å². The quantitative estimate of drug-likeness (QED) is 0.203. The highest BCUT2D eigenvalue weighted by Gasteiger charge is 2.60. The van der Waals surface area contributed by atoms with E-state index in [-0.39, 0.29) is 64.9 Å². The normalized spacial score (nSPS) is 29.5. The van der Waals surface area contributed by atoms with Crippen LogP contribution in [-0.2, 0) is 30.5 Å². The molecule has 0 bridgehead atoms. The van der Waals surface area contributed by atoms with Crippen LogP contribution in [0.3, 0.4) is 0 Å². The van der Waals surface area contributed by atoms with Gasteiger partial charge in [-0.15, -0.1) is 16.9 Å². The summed E-state index contributed by atoms with van der Waals surface area (Å²) in [5, 5.41) is 26.8. The Bertz CT molecular complexity index is 1270. The number of hydrogen-bond acceptors (Lipinski definition) is 11. The summed E-state index contributed by atoms with van der Waals surface area (Å²) in [6.45, 7) is 5.59. The minimum absolute atomic E-state index is 0.00378. The highest BCUT2D eigenvalue weighted by Crippen LogP contribution is 2.51. The molecule has 1 unspecified atom stereocenters. The number of rotatable bonds is 12. The van der Waals surface area contributed by atoms with Crippen LogP contribution in [0, 0.1) is 17.8 Å².